The Hall–Kier alpha value is -1.62. The van der Waals surface area contributed by atoms with Crippen molar-refractivity contribution in [2.45, 2.75) is 19.4 Å². The molecule has 2 aromatic rings. The van der Waals surface area contributed by atoms with Crippen molar-refractivity contribution in [1.82, 2.24) is 0 Å². The third kappa shape index (κ3) is 3.83. The first-order valence-electron chi connectivity index (χ1n) is 6.92. The van der Waals surface area contributed by atoms with Crippen molar-refractivity contribution >= 4 is 29.2 Å². The summed E-state index contributed by atoms with van der Waals surface area (Å²) in [6.45, 7) is 1.62. The fourth-order valence-electron chi connectivity index (χ4n) is 2.36. The molecule has 0 amide bonds. The fourth-order valence-corrected chi connectivity index (χ4v) is 2.97. The van der Waals surface area contributed by atoms with Gasteiger partial charge in [0, 0.05) is 27.2 Å². The Bertz CT molecular complexity index is 729. The van der Waals surface area contributed by atoms with E-state index in [0.29, 0.717) is 26.7 Å². The molecule has 0 fully saturated rings. The van der Waals surface area contributed by atoms with Gasteiger partial charge in [0.25, 0.3) is 0 Å². The number of benzene rings is 2. The SMILES string of the molecule is COC(=O)C[C@H](N)c1cc(-c2c(Cl)cccc2Cl)cc(C)c1F. The van der Waals surface area contributed by atoms with Crippen LogP contribution in [0.1, 0.15) is 23.6 Å². The van der Waals surface area contributed by atoms with E-state index in [2.05, 4.69) is 4.74 Å². The van der Waals surface area contributed by atoms with E-state index in [0.717, 1.165) is 0 Å². The number of ether oxygens (including phenoxy) is 1. The highest BCUT2D eigenvalue weighted by Crippen LogP contribution is 2.37. The number of carbonyl (C=O) groups is 1. The van der Waals surface area contributed by atoms with Gasteiger partial charge in [-0.05, 0) is 42.3 Å². The lowest BCUT2D eigenvalue weighted by Gasteiger charge is -2.16. The summed E-state index contributed by atoms with van der Waals surface area (Å²) < 4.78 is 19.0. The number of nitrogens with two attached hydrogens (primary N) is 1. The molecular weight excluding hydrogens is 340 g/mol. The highest BCUT2D eigenvalue weighted by Gasteiger charge is 2.20. The summed E-state index contributed by atoms with van der Waals surface area (Å²) in [5.41, 5.74) is 7.83. The molecule has 0 aromatic heterocycles. The summed E-state index contributed by atoms with van der Waals surface area (Å²) in [4.78, 5) is 11.4. The highest BCUT2D eigenvalue weighted by atomic mass is 35.5. The predicted molar refractivity (Wildman–Crippen MR) is 90.2 cm³/mol. The van der Waals surface area contributed by atoms with Crippen LogP contribution in [-0.4, -0.2) is 13.1 Å². The van der Waals surface area contributed by atoms with Gasteiger partial charge in [0.1, 0.15) is 5.82 Å². The molecular formula is C17H16Cl2FNO2. The highest BCUT2D eigenvalue weighted by molar-refractivity contribution is 6.39. The fraction of sp³-hybridized carbons (Fsp3) is 0.235. The van der Waals surface area contributed by atoms with Gasteiger partial charge in [0.05, 0.1) is 13.5 Å². The minimum Gasteiger partial charge on any atom is -0.469 e. The van der Waals surface area contributed by atoms with Crippen LogP contribution in [0.3, 0.4) is 0 Å². The van der Waals surface area contributed by atoms with Crippen molar-refractivity contribution in [1.29, 1.82) is 0 Å². The molecule has 0 saturated heterocycles. The van der Waals surface area contributed by atoms with Crippen molar-refractivity contribution in [2.75, 3.05) is 7.11 Å². The Morgan fingerprint density at radius 3 is 2.48 bits per heavy atom. The second-order valence-electron chi connectivity index (χ2n) is 5.18. The molecule has 122 valence electrons. The van der Waals surface area contributed by atoms with Crippen LogP contribution in [0.2, 0.25) is 10.0 Å². The predicted octanol–water partition coefficient (Wildman–Crippen LogP) is 4.67. The lowest BCUT2D eigenvalue weighted by molar-refractivity contribution is -0.141. The minimum atomic E-state index is -0.817. The summed E-state index contributed by atoms with van der Waals surface area (Å²) in [5.74, 6) is -0.955. The van der Waals surface area contributed by atoms with E-state index in [-0.39, 0.29) is 12.0 Å². The molecule has 0 radical (unpaired) electrons. The summed E-state index contributed by atoms with van der Waals surface area (Å²) >= 11 is 12.4. The minimum absolute atomic E-state index is 0.118. The van der Waals surface area contributed by atoms with Gasteiger partial charge in [-0.1, -0.05) is 29.3 Å². The maximum absolute atomic E-state index is 14.4. The lowest BCUT2D eigenvalue weighted by atomic mass is 9.95. The average molecular weight is 356 g/mol. The first-order chi connectivity index (χ1) is 10.8. The largest absolute Gasteiger partial charge is 0.469 e. The zero-order chi connectivity index (χ0) is 17.1. The van der Waals surface area contributed by atoms with Gasteiger partial charge in [-0.15, -0.1) is 0 Å². The molecule has 0 aliphatic heterocycles. The lowest BCUT2D eigenvalue weighted by Crippen LogP contribution is -2.18. The van der Waals surface area contributed by atoms with Crippen molar-refractivity contribution in [3.63, 3.8) is 0 Å². The molecule has 2 N–H and O–H groups in total. The van der Waals surface area contributed by atoms with Crippen LogP contribution in [0.15, 0.2) is 30.3 Å². The van der Waals surface area contributed by atoms with Gasteiger partial charge < -0.3 is 10.5 Å². The van der Waals surface area contributed by atoms with Gasteiger partial charge >= 0.3 is 5.97 Å². The van der Waals surface area contributed by atoms with Crippen LogP contribution >= 0.6 is 23.2 Å². The third-order valence-corrected chi connectivity index (χ3v) is 4.18. The number of esters is 1. The molecule has 2 rings (SSSR count). The van der Waals surface area contributed by atoms with Crippen molar-refractivity contribution < 1.29 is 13.9 Å². The first-order valence-corrected chi connectivity index (χ1v) is 7.67. The van der Waals surface area contributed by atoms with Crippen LogP contribution in [-0.2, 0) is 9.53 Å². The van der Waals surface area contributed by atoms with E-state index < -0.39 is 17.8 Å². The smallest absolute Gasteiger partial charge is 0.307 e. The molecule has 0 aliphatic carbocycles. The number of methoxy groups -OCH3 is 1. The van der Waals surface area contributed by atoms with Gasteiger partial charge in [0.2, 0.25) is 0 Å². The molecule has 2 aromatic carbocycles. The average Bonchev–Trinajstić information content (AvgIpc) is 2.50. The maximum Gasteiger partial charge on any atom is 0.307 e. The zero-order valence-electron chi connectivity index (χ0n) is 12.7. The second-order valence-corrected chi connectivity index (χ2v) is 5.99. The van der Waals surface area contributed by atoms with Crippen LogP contribution in [0, 0.1) is 12.7 Å². The standard InChI is InChI=1S/C17H16Cl2FNO2/c1-9-6-10(16-12(18)4-3-5-13(16)19)7-11(17(9)20)14(21)8-15(22)23-2/h3-7,14H,8,21H2,1-2H3/t14-/m0/s1. The third-order valence-electron chi connectivity index (χ3n) is 3.55. The van der Waals surface area contributed by atoms with Crippen LogP contribution < -0.4 is 5.73 Å². The quantitative estimate of drug-likeness (QED) is 0.810. The van der Waals surface area contributed by atoms with E-state index in [1.807, 2.05) is 0 Å². The maximum atomic E-state index is 14.4. The van der Waals surface area contributed by atoms with E-state index in [1.165, 1.54) is 7.11 Å². The van der Waals surface area contributed by atoms with E-state index in [1.54, 1.807) is 37.3 Å². The Morgan fingerprint density at radius 1 is 1.30 bits per heavy atom. The van der Waals surface area contributed by atoms with E-state index in [9.17, 15) is 9.18 Å². The summed E-state index contributed by atoms with van der Waals surface area (Å²) in [5, 5.41) is 0.909. The zero-order valence-corrected chi connectivity index (χ0v) is 14.2. The molecule has 0 spiro atoms. The second kappa shape index (κ2) is 7.30. The summed E-state index contributed by atoms with van der Waals surface area (Å²) in [7, 11) is 1.26. The molecule has 23 heavy (non-hydrogen) atoms. The van der Waals surface area contributed by atoms with Crippen molar-refractivity contribution in [3.8, 4) is 11.1 Å². The van der Waals surface area contributed by atoms with Gasteiger partial charge in [0.15, 0.2) is 0 Å². The molecule has 0 heterocycles. The Labute approximate surface area is 144 Å². The van der Waals surface area contributed by atoms with Gasteiger partial charge in [-0.3, -0.25) is 4.79 Å². The topological polar surface area (TPSA) is 52.3 Å². The number of carbonyl (C=O) groups excluding carboxylic acids is 1. The molecule has 3 nitrogen and oxygen atoms in total. The Kier molecular flexibility index (Phi) is 5.63. The molecule has 0 saturated carbocycles. The normalized spacial score (nSPS) is 12.1. The first kappa shape index (κ1) is 17.7. The van der Waals surface area contributed by atoms with E-state index >= 15 is 0 Å². The van der Waals surface area contributed by atoms with Gasteiger partial charge in [-0.2, -0.15) is 0 Å². The molecule has 0 bridgehead atoms. The Morgan fingerprint density at radius 2 is 1.91 bits per heavy atom. The molecule has 6 heteroatoms. The summed E-state index contributed by atoms with van der Waals surface area (Å²) in [6.07, 6.45) is -0.118. The van der Waals surface area contributed by atoms with Crippen LogP contribution in [0.25, 0.3) is 11.1 Å². The summed E-state index contributed by atoms with van der Waals surface area (Å²) in [6, 6.07) is 7.54. The van der Waals surface area contributed by atoms with Crippen LogP contribution in [0.4, 0.5) is 4.39 Å². The number of hydrogen-bond acceptors (Lipinski definition) is 3. The van der Waals surface area contributed by atoms with E-state index in [4.69, 9.17) is 28.9 Å². The number of rotatable bonds is 4. The van der Waals surface area contributed by atoms with Crippen LogP contribution in [0.5, 0.6) is 0 Å². The van der Waals surface area contributed by atoms with Gasteiger partial charge in [-0.25, -0.2) is 4.39 Å². The van der Waals surface area contributed by atoms with Crippen molar-refractivity contribution in [3.05, 3.63) is 57.3 Å². The number of halogens is 3. The monoisotopic (exact) mass is 355 g/mol. The molecule has 0 unspecified atom stereocenters. The number of aryl methyl sites for hydroxylation is 1. The number of hydrogen-bond donors (Lipinski definition) is 1. The molecule has 1 atom stereocenters. The molecule has 0 aliphatic rings. The Balaban J connectivity index is 2.54. The van der Waals surface area contributed by atoms with Crippen molar-refractivity contribution in [2.24, 2.45) is 5.73 Å².